The van der Waals surface area contributed by atoms with E-state index in [0.717, 1.165) is 12.0 Å². The highest BCUT2D eigenvalue weighted by Crippen LogP contribution is 2.39. The molecule has 6 nitrogen and oxygen atoms in total. The summed E-state index contributed by atoms with van der Waals surface area (Å²) in [5.41, 5.74) is 0.952. The summed E-state index contributed by atoms with van der Waals surface area (Å²) in [5, 5.41) is 5.15. The van der Waals surface area contributed by atoms with E-state index in [1.165, 1.54) is 4.31 Å². The van der Waals surface area contributed by atoms with E-state index >= 15 is 0 Å². The van der Waals surface area contributed by atoms with Crippen LogP contribution in [0.1, 0.15) is 17.9 Å². The fraction of sp³-hybridized carbons (Fsp3) is 0.500. The standard InChI is InChI=1S/C12H18N2O4S/c1-17-11-5-3-4-10(12(11)18-2)9-6-7-14(8-9)19(13,15)16/h3-5,9H,6-8H2,1-2H3,(H2,13,15,16)/t9-/m0/s1. The number of nitrogens with zero attached hydrogens (tertiary/aromatic N) is 1. The molecule has 2 rings (SSSR count). The molecule has 0 aliphatic carbocycles. The Balaban J connectivity index is 2.29. The van der Waals surface area contributed by atoms with E-state index in [-0.39, 0.29) is 5.92 Å². The van der Waals surface area contributed by atoms with Crippen LogP contribution in [-0.4, -0.2) is 40.0 Å². The van der Waals surface area contributed by atoms with Gasteiger partial charge in [0, 0.05) is 24.6 Å². The van der Waals surface area contributed by atoms with Crippen molar-refractivity contribution in [3.05, 3.63) is 23.8 Å². The molecule has 1 aromatic carbocycles. The topological polar surface area (TPSA) is 81.9 Å². The maximum Gasteiger partial charge on any atom is 0.276 e. The summed E-state index contributed by atoms with van der Waals surface area (Å²) in [6.07, 6.45) is 0.722. The SMILES string of the molecule is COc1cccc([C@H]2CCN(S(N)(=O)=O)C2)c1OC. The number of nitrogens with two attached hydrogens (primary N) is 1. The van der Waals surface area contributed by atoms with Crippen LogP contribution >= 0.6 is 0 Å². The molecule has 19 heavy (non-hydrogen) atoms. The van der Waals surface area contributed by atoms with Gasteiger partial charge in [0.15, 0.2) is 11.5 Å². The monoisotopic (exact) mass is 286 g/mol. The van der Waals surface area contributed by atoms with E-state index < -0.39 is 10.2 Å². The third-order valence-electron chi connectivity index (χ3n) is 3.38. The van der Waals surface area contributed by atoms with Crippen LogP contribution in [0.15, 0.2) is 18.2 Å². The summed E-state index contributed by atoms with van der Waals surface area (Å²) in [7, 11) is -0.464. The van der Waals surface area contributed by atoms with Gasteiger partial charge in [0.2, 0.25) is 0 Å². The summed E-state index contributed by atoms with van der Waals surface area (Å²) in [6, 6.07) is 5.61. The number of hydrogen-bond acceptors (Lipinski definition) is 4. The van der Waals surface area contributed by atoms with Gasteiger partial charge in [0.25, 0.3) is 10.2 Å². The molecule has 1 saturated heterocycles. The van der Waals surface area contributed by atoms with Gasteiger partial charge in [0.05, 0.1) is 14.2 Å². The average molecular weight is 286 g/mol. The summed E-state index contributed by atoms with van der Waals surface area (Å²) >= 11 is 0. The van der Waals surface area contributed by atoms with Crippen LogP contribution in [0, 0.1) is 0 Å². The second-order valence-corrected chi connectivity index (χ2v) is 6.02. The quantitative estimate of drug-likeness (QED) is 0.883. The minimum Gasteiger partial charge on any atom is -0.493 e. The average Bonchev–Trinajstić information content (AvgIpc) is 2.86. The van der Waals surface area contributed by atoms with Gasteiger partial charge in [-0.25, -0.2) is 5.14 Å². The number of benzene rings is 1. The lowest BCUT2D eigenvalue weighted by Crippen LogP contribution is -2.34. The van der Waals surface area contributed by atoms with Crippen molar-refractivity contribution in [1.29, 1.82) is 0 Å². The van der Waals surface area contributed by atoms with Crippen LogP contribution in [0.4, 0.5) is 0 Å². The molecular formula is C12H18N2O4S. The Bertz CT molecular complexity index is 559. The fourth-order valence-corrected chi connectivity index (χ4v) is 3.19. The first kappa shape index (κ1) is 14.1. The highest BCUT2D eigenvalue weighted by Gasteiger charge is 2.32. The number of methoxy groups -OCH3 is 2. The molecule has 1 heterocycles. The lowest BCUT2D eigenvalue weighted by molar-refractivity contribution is 0.349. The Labute approximate surface area is 113 Å². The largest absolute Gasteiger partial charge is 0.493 e. The first-order valence-corrected chi connectivity index (χ1v) is 7.46. The molecule has 106 valence electrons. The Morgan fingerprint density at radius 2 is 2.05 bits per heavy atom. The second-order valence-electron chi connectivity index (χ2n) is 4.47. The van der Waals surface area contributed by atoms with Crippen molar-refractivity contribution in [2.75, 3.05) is 27.3 Å². The van der Waals surface area contributed by atoms with Crippen molar-refractivity contribution < 1.29 is 17.9 Å². The van der Waals surface area contributed by atoms with Crippen molar-refractivity contribution in [1.82, 2.24) is 4.31 Å². The molecule has 0 aromatic heterocycles. The normalized spacial score (nSPS) is 20.5. The molecular weight excluding hydrogens is 268 g/mol. The third-order valence-corrected chi connectivity index (χ3v) is 4.44. The fourth-order valence-electron chi connectivity index (χ4n) is 2.45. The summed E-state index contributed by atoms with van der Waals surface area (Å²) in [6.45, 7) is 0.812. The number of hydrogen-bond donors (Lipinski definition) is 1. The van der Waals surface area contributed by atoms with Gasteiger partial charge in [-0.3, -0.25) is 0 Å². The van der Waals surface area contributed by atoms with Crippen LogP contribution in [0.2, 0.25) is 0 Å². The van der Waals surface area contributed by atoms with Crippen LogP contribution < -0.4 is 14.6 Å². The van der Waals surface area contributed by atoms with E-state index in [1.807, 2.05) is 18.2 Å². The Morgan fingerprint density at radius 3 is 2.58 bits per heavy atom. The molecule has 0 radical (unpaired) electrons. The van der Waals surface area contributed by atoms with E-state index in [2.05, 4.69) is 0 Å². The minimum atomic E-state index is -3.62. The Morgan fingerprint density at radius 1 is 1.32 bits per heavy atom. The van der Waals surface area contributed by atoms with Gasteiger partial charge in [-0.2, -0.15) is 12.7 Å². The molecule has 7 heteroatoms. The number of para-hydroxylation sites is 1. The minimum absolute atomic E-state index is 0.0726. The highest BCUT2D eigenvalue weighted by atomic mass is 32.2. The first-order chi connectivity index (χ1) is 8.97. The highest BCUT2D eigenvalue weighted by molar-refractivity contribution is 7.86. The summed E-state index contributed by atoms with van der Waals surface area (Å²) in [5.74, 6) is 1.38. The molecule has 1 aliphatic rings. The molecule has 1 fully saturated rings. The van der Waals surface area contributed by atoms with Crippen LogP contribution in [-0.2, 0) is 10.2 Å². The van der Waals surface area contributed by atoms with Crippen molar-refractivity contribution in [3.63, 3.8) is 0 Å². The molecule has 0 bridgehead atoms. The van der Waals surface area contributed by atoms with Crippen molar-refractivity contribution in [3.8, 4) is 11.5 Å². The molecule has 0 spiro atoms. The van der Waals surface area contributed by atoms with E-state index in [0.29, 0.717) is 24.6 Å². The zero-order valence-electron chi connectivity index (χ0n) is 11.0. The lowest BCUT2D eigenvalue weighted by atomic mass is 9.97. The van der Waals surface area contributed by atoms with Gasteiger partial charge >= 0.3 is 0 Å². The van der Waals surface area contributed by atoms with Gasteiger partial charge in [0.1, 0.15) is 0 Å². The zero-order chi connectivity index (χ0) is 14.0. The Kier molecular flexibility index (Phi) is 3.98. The predicted octanol–water partition coefficient (Wildman–Crippen LogP) is 0.697. The van der Waals surface area contributed by atoms with Crippen molar-refractivity contribution in [2.45, 2.75) is 12.3 Å². The van der Waals surface area contributed by atoms with Crippen molar-refractivity contribution >= 4 is 10.2 Å². The number of rotatable bonds is 4. The van der Waals surface area contributed by atoms with Gasteiger partial charge < -0.3 is 9.47 Å². The van der Waals surface area contributed by atoms with Gasteiger partial charge in [-0.05, 0) is 12.5 Å². The van der Waals surface area contributed by atoms with Gasteiger partial charge in [-0.1, -0.05) is 12.1 Å². The van der Waals surface area contributed by atoms with Crippen molar-refractivity contribution in [2.24, 2.45) is 5.14 Å². The van der Waals surface area contributed by atoms with Crippen LogP contribution in [0.25, 0.3) is 0 Å². The first-order valence-electron chi connectivity index (χ1n) is 5.96. The molecule has 0 amide bonds. The summed E-state index contributed by atoms with van der Waals surface area (Å²) in [4.78, 5) is 0. The Hall–Kier alpha value is -1.31. The van der Waals surface area contributed by atoms with Crippen LogP contribution in [0.3, 0.4) is 0 Å². The maximum atomic E-state index is 11.3. The van der Waals surface area contributed by atoms with Crippen LogP contribution in [0.5, 0.6) is 11.5 Å². The molecule has 1 atom stereocenters. The molecule has 0 saturated carbocycles. The van der Waals surface area contributed by atoms with E-state index in [1.54, 1.807) is 14.2 Å². The maximum absolute atomic E-state index is 11.3. The van der Waals surface area contributed by atoms with E-state index in [9.17, 15) is 8.42 Å². The molecule has 2 N–H and O–H groups in total. The second kappa shape index (κ2) is 5.36. The third kappa shape index (κ3) is 2.83. The summed E-state index contributed by atoms with van der Waals surface area (Å²) < 4.78 is 34.6. The van der Waals surface area contributed by atoms with Gasteiger partial charge in [-0.15, -0.1) is 0 Å². The zero-order valence-corrected chi connectivity index (χ0v) is 11.8. The van der Waals surface area contributed by atoms with E-state index in [4.69, 9.17) is 14.6 Å². The molecule has 1 aromatic rings. The lowest BCUT2D eigenvalue weighted by Gasteiger charge is -2.17. The molecule has 0 unspecified atom stereocenters. The predicted molar refractivity (Wildman–Crippen MR) is 71.6 cm³/mol. The number of ether oxygens (including phenoxy) is 2. The molecule has 1 aliphatic heterocycles. The smallest absolute Gasteiger partial charge is 0.276 e.